The summed E-state index contributed by atoms with van der Waals surface area (Å²) in [4.78, 5) is 12.3. The highest BCUT2D eigenvalue weighted by molar-refractivity contribution is 7.26. The zero-order chi connectivity index (χ0) is 13.4. The lowest BCUT2D eigenvalue weighted by Crippen LogP contribution is -2.04. The molecule has 0 aliphatic heterocycles. The summed E-state index contributed by atoms with van der Waals surface area (Å²) in [5.74, 6) is 1.46. The monoisotopic (exact) mass is 306 g/mol. The van der Waals surface area contributed by atoms with Gasteiger partial charge in [-0.1, -0.05) is 61.2 Å². The number of thiazole rings is 2. The van der Waals surface area contributed by atoms with Crippen molar-refractivity contribution in [2.24, 2.45) is 0 Å². The van der Waals surface area contributed by atoms with Crippen molar-refractivity contribution in [1.82, 2.24) is 9.97 Å². The average molecular weight is 306 g/mol. The van der Waals surface area contributed by atoms with Gasteiger partial charge in [-0.05, 0) is 25.7 Å². The molecule has 4 rings (SSSR count). The maximum Gasteiger partial charge on any atom is 0.155 e. The van der Waals surface area contributed by atoms with Gasteiger partial charge in [-0.3, -0.25) is 0 Å². The van der Waals surface area contributed by atoms with Crippen molar-refractivity contribution in [3.8, 4) is 0 Å². The van der Waals surface area contributed by atoms with Gasteiger partial charge in [-0.2, -0.15) is 0 Å². The van der Waals surface area contributed by atoms with Crippen molar-refractivity contribution >= 4 is 32.3 Å². The first-order valence-electron chi connectivity index (χ1n) is 8.17. The molecule has 0 bridgehead atoms. The van der Waals surface area contributed by atoms with Crippen LogP contribution in [0.15, 0.2) is 0 Å². The molecule has 0 atom stereocenters. The number of aromatic nitrogens is 2. The van der Waals surface area contributed by atoms with Crippen LogP contribution in [0.1, 0.15) is 86.1 Å². The lowest BCUT2D eigenvalue weighted by atomic mass is 9.90. The number of rotatable bonds is 2. The van der Waals surface area contributed by atoms with Gasteiger partial charge in [0.2, 0.25) is 0 Å². The lowest BCUT2D eigenvalue weighted by molar-refractivity contribution is 0.442. The zero-order valence-electron chi connectivity index (χ0n) is 11.9. The Kier molecular flexibility index (Phi) is 3.78. The van der Waals surface area contributed by atoms with Crippen LogP contribution in [0.3, 0.4) is 0 Å². The van der Waals surface area contributed by atoms with Crippen LogP contribution in [-0.4, -0.2) is 9.97 Å². The van der Waals surface area contributed by atoms with Crippen molar-refractivity contribution in [1.29, 1.82) is 0 Å². The molecule has 2 aromatic rings. The normalized spacial score (nSPS) is 22.6. The second-order valence-corrected chi connectivity index (χ2v) is 8.40. The summed E-state index contributed by atoms with van der Waals surface area (Å²) in [6.45, 7) is 0. The van der Waals surface area contributed by atoms with Crippen LogP contribution in [0.4, 0.5) is 0 Å². The summed E-state index contributed by atoms with van der Waals surface area (Å²) in [6, 6.07) is 0. The van der Waals surface area contributed by atoms with Crippen LogP contribution < -0.4 is 0 Å². The van der Waals surface area contributed by atoms with Crippen molar-refractivity contribution in [3.05, 3.63) is 10.0 Å². The molecule has 4 heteroatoms. The molecule has 2 fully saturated rings. The van der Waals surface area contributed by atoms with Crippen molar-refractivity contribution in [3.63, 3.8) is 0 Å². The first-order chi connectivity index (χ1) is 9.90. The van der Waals surface area contributed by atoms with Gasteiger partial charge in [0.1, 0.15) is 0 Å². The minimum Gasteiger partial charge on any atom is -0.228 e. The number of hydrogen-bond acceptors (Lipinski definition) is 4. The van der Waals surface area contributed by atoms with E-state index in [1.807, 2.05) is 22.7 Å². The van der Waals surface area contributed by atoms with Crippen molar-refractivity contribution in [2.45, 2.75) is 76.0 Å². The maximum atomic E-state index is 4.93. The van der Waals surface area contributed by atoms with E-state index in [0.29, 0.717) is 0 Å². The summed E-state index contributed by atoms with van der Waals surface area (Å²) < 4.78 is 0. The van der Waals surface area contributed by atoms with Gasteiger partial charge in [0.25, 0.3) is 0 Å². The summed E-state index contributed by atoms with van der Waals surface area (Å²) >= 11 is 3.75. The molecule has 2 aromatic heterocycles. The second kappa shape index (κ2) is 5.72. The Morgan fingerprint density at radius 2 is 1.00 bits per heavy atom. The summed E-state index contributed by atoms with van der Waals surface area (Å²) in [5, 5.41) is 2.74. The molecule has 0 spiro atoms. The first-order valence-corrected chi connectivity index (χ1v) is 9.80. The van der Waals surface area contributed by atoms with Gasteiger partial charge < -0.3 is 0 Å². The molecule has 2 aliphatic carbocycles. The SMILES string of the molecule is C1CCC(c2nc3sc(C4CCCCC4)nc3s2)CC1. The molecule has 0 aromatic carbocycles. The molecule has 0 N–H and O–H groups in total. The third-order valence-electron chi connectivity index (χ3n) is 4.92. The van der Waals surface area contributed by atoms with Crippen LogP contribution in [0.2, 0.25) is 0 Å². The molecule has 2 heterocycles. The van der Waals surface area contributed by atoms with E-state index in [4.69, 9.17) is 9.97 Å². The summed E-state index contributed by atoms with van der Waals surface area (Å²) in [7, 11) is 0. The molecule has 2 aliphatic rings. The standard InChI is InChI=1S/C16H22N2S2/c1-3-7-11(8-4-1)13-17-15-16(19-13)18-14(20-15)12-9-5-2-6-10-12/h11-12H,1-10H2. The van der Waals surface area contributed by atoms with E-state index >= 15 is 0 Å². The van der Waals surface area contributed by atoms with Gasteiger partial charge in [0, 0.05) is 11.8 Å². The van der Waals surface area contributed by atoms with E-state index < -0.39 is 0 Å². The van der Waals surface area contributed by atoms with Crippen molar-refractivity contribution in [2.75, 3.05) is 0 Å². The van der Waals surface area contributed by atoms with Gasteiger partial charge in [-0.15, -0.1) is 0 Å². The maximum absolute atomic E-state index is 4.93. The molecule has 0 unspecified atom stereocenters. The van der Waals surface area contributed by atoms with Gasteiger partial charge >= 0.3 is 0 Å². The predicted octanol–water partition coefficient (Wildman–Crippen LogP) is 5.85. The van der Waals surface area contributed by atoms with E-state index in [1.165, 1.54) is 83.9 Å². The molecule has 0 saturated heterocycles. The second-order valence-electron chi connectivity index (χ2n) is 6.38. The van der Waals surface area contributed by atoms with Gasteiger partial charge in [-0.25, -0.2) is 9.97 Å². The molecule has 20 heavy (non-hydrogen) atoms. The number of nitrogens with zero attached hydrogens (tertiary/aromatic N) is 2. The predicted molar refractivity (Wildman–Crippen MR) is 86.9 cm³/mol. The van der Waals surface area contributed by atoms with E-state index in [0.717, 1.165) is 11.8 Å². The molecule has 0 amide bonds. The van der Waals surface area contributed by atoms with E-state index in [9.17, 15) is 0 Å². The minimum absolute atomic E-state index is 0.730. The molecule has 108 valence electrons. The van der Waals surface area contributed by atoms with Crippen LogP contribution >= 0.6 is 22.7 Å². The topological polar surface area (TPSA) is 25.8 Å². The fourth-order valence-electron chi connectivity index (χ4n) is 3.72. The summed E-state index contributed by atoms with van der Waals surface area (Å²) in [5.41, 5.74) is 0. The Morgan fingerprint density at radius 3 is 1.40 bits per heavy atom. The highest BCUT2D eigenvalue weighted by Gasteiger charge is 2.23. The minimum atomic E-state index is 0.730. The Hall–Kier alpha value is -0.480. The van der Waals surface area contributed by atoms with Gasteiger partial charge in [0.15, 0.2) is 9.66 Å². The summed E-state index contributed by atoms with van der Waals surface area (Å²) in [6.07, 6.45) is 13.8. The molecule has 2 saturated carbocycles. The fourth-order valence-corrected chi connectivity index (χ4v) is 6.12. The third-order valence-corrected chi connectivity index (χ3v) is 7.27. The van der Waals surface area contributed by atoms with Crippen LogP contribution in [0, 0.1) is 0 Å². The molecule has 0 radical (unpaired) electrons. The molecular weight excluding hydrogens is 284 g/mol. The molecule has 2 nitrogen and oxygen atoms in total. The van der Waals surface area contributed by atoms with E-state index in [1.54, 1.807) is 0 Å². The highest BCUT2D eigenvalue weighted by Crippen LogP contribution is 2.41. The average Bonchev–Trinajstić information content (AvgIpc) is 3.08. The van der Waals surface area contributed by atoms with Crippen LogP contribution in [-0.2, 0) is 0 Å². The zero-order valence-corrected chi connectivity index (χ0v) is 13.6. The smallest absolute Gasteiger partial charge is 0.155 e. The first kappa shape index (κ1) is 13.2. The third kappa shape index (κ3) is 2.52. The largest absolute Gasteiger partial charge is 0.228 e. The lowest BCUT2D eigenvalue weighted by Gasteiger charge is -2.19. The Morgan fingerprint density at radius 1 is 0.600 bits per heavy atom. The van der Waals surface area contributed by atoms with Crippen molar-refractivity contribution < 1.29 is 0 Å². The Balaban J connectivity index is 1.56. The highest BCUT2D eigenvalue weighted by atomic mass is 32.1. The van der Waals surface area contributed by atoms with Crippen LogP contribution in [0.25, 0.3) is 9.66 Å². The van der Waals surface area contributed by atoms with E-state index in [2.05, 4.69) is 0 Å². The number of hydrogen-bond donors (Lipinski definition) is 0. The number of fused-ring (bicyclic) bond motifs is 1. The quantitative estimate of drug-likeness (QED) is 0.695. The van der Waals surface area contributed by atoms with E-state index in [-0.39, 0.29) is 0 Å². The fraction of sp³-hybridized carbons (Fsp3) is 0.750. The Labute approximate surface area is 128 Å². The Bertz CT molecular complexity index is 495. The molecular formula is C16H22N2S2. The van der Waals surface area contributed by atoms with Gasteiger partial charge in [0.05, 0.1) is 10.0 Å². The van der Waals surface area contributed by atoms with Crippen LogP contribution in [0.5, 0.6) is 0 Å².